The molecule has 1 unspecified atom stereocenters. The van der Waals surface area contributed by atoms with Crippen molar-refractivity contribution in [2.45, 2.75) is 24.9 Å². The first-order valence-electron chi connectivity index (χ1n) is 7.08. The first-order chi connectivity index (χ1) is 10.3. The van der Waals surface area contributed by atoms with Crippen LogP contribution in [0, 0.1) is 18.8 Å². The van der Waals surface area contributed by atoms with Crippen molar-refractivity contribution in [3.63, 3.8) is 0 Å². The van der Waals surface area contributed by atoms with E-state index >= 15 is 0 Å². The molecule has 0 radical (unpaired) electrons. The minimum Gasteiger partial charge on any atom is -0.325 e. The molecular formula is C15H19F3N2OS. The standard InChI is InChI=1S/C15H19F3N2OS/c1-9-3-4-13(22-8-15(16,17)18)12(5-9)20-14(21)10(2)11-6-19-7-11/h3-5,10-11,19H,6-8H2,1-2H3,(H,20,21). The predicted molar refractivity (Wildman–Crippen MR) is 82.1 cm³/mol. The Morgan fingerprint density at radius 2 is 2.14 bits per heavy atom. The lowest BCUT2D eigenvalue weighted by atomic mass is 9.88. The maximum absolute atomic E-state index is 12.4. The fourth-order valence-electron chi connectivity index (χ4n) is 2.15. The van der Waals surface area contributed by atoms with Crippen molar-refractivity contribution < 1.29 is 18.0 Å². The van der Waals surface area contributed by atoms with Crippen molar-refractivity contribution in [1.82, 2.24) is 5.32 Å². The minimum absolute atomic E-state index is 0.147. The van der Waals surface area contributed by atoms with Gasteiger partial charge in [-0.15, -0.1) is 11.8 Å². The molecule has 1 aliphatic heterocycles. The lowest BCUT2D eigenvalue weighted by Crippen LogP contribution is -2.48. The third-order valence-electron chi connectivity index (χ3n) is 3.72. The average Bonchev–Trinajstić information content (AvgIpc) is 2.34. The van der Waals surface area contributed by atoms with E-state index in [1.165, 1.54) is 0 Å². The summed E-state index contributed by atoms with van der Waals surface area (Å²) in [6.45, 7) is 5.29. The molecule has 0 aliphatic carbocycles. The van der Waals surface area contributed by atoms with E-state index < -0.39 is 11.9 Å². The molecule has 0 saturated carbocycles. The molecule has 1 aromatic rings. The van der Waals surface area contributed by atoms with Crippen molar-refractivity contribution in [3.05, 3.63) is 23.8 Å². The highest BCUT2D eigenvalue weighted by molar-refractivity contribution is 7.99. The van der Waals surface area contributed by atoms with E-state index in [-0.39, 0.29) is 17.7 Å². The normalized spacial score (nSPS) is 17.0. The Hall–Kier alpha value is -1.21. The average molecular weight is 332 g/mol. The van der Waals surface area contributed by atoms with Crippen molar-refractivity contribution in [3.8, 4) is 0 Å². The highest BCUT2D eigenvalue weighted by Gasteiger charge is 2.30. The SMILES string of the molecule is Cc1ccc(SCC(F)(F)F)c(NC(=O)C(C)C2CNC2)c1. The van der Waals surface area contributed by atoms with Gasteiger partial charge in [-0.3, -0.25) is 4.79 Å². The lowest BCUT2D eigenvalue weighted by molar-refractivity contribution is -0.121. The highest BCUT2D eigenvalue weighted by atomic mass is 32.2. The molecule has 0 bridgehead atoms. The van der Waals surface area contributed by atoms with Gasteiger partial charge < -0.3 is 10.6 Å². The summed E-state index contributed by atoms with van der Waals surface area (Å²) < 4.78 is 37.2. The van der Waals surface area contributed by atoms with Crippen molar-refractivity contribution in [2.24, 2.45) is 11.8 Å². The first-order valence-corrected chi connectivity index (χ1v) is 8.06. The zero-order chi connectivity index (χ0) is 16.3. The van der Waals surface area contributed by atoms with Gasteiger partial charge in [0.05, 0.1) is 11.4 Å². The van der Waals surface area contributed by atoms with Gasteiger partial charge in [-0.1, -0.05) is 13.0 Å². The Balaban J connectivity index is 2.07. The van der Waals surface area contributed by atoms with Crippen molar-refractivity contribution >= 4 is 23.4 Å². The molecule has 22 heavy (non-hydrogen) atoms. The predicted octanol–water partition coefficient (Wildman–Crippen LogP) is 3.44. The van der Waals surface area contributed by atoms with Crippen LogP contribution in [0.4, 0.5) is 18.9 Å². The smallest absolute Gasteiger partial charge is 0.325 e. The highest BCUT2D eigenvalue weighted by Crippen LogP contribution is 2.33. The summed E-state index contributed by atoms with van der Waals surface area (Å²) in [5.41, 5.74) is 1.35. The number of halogens is 3. The third-order valence-corrected chi connectivity index (χ3v) is 4.86. The van der Waals surface area contributed by atoms with E-state index in [9.17, 15) is 18.0 Å². The van der Waals surface area contributed by atoms with Crippen LogP contribution in [0.3, 0.4) is 0 Å². The fourth-order valence-corrected chi connectivity index (χ4v) is 2.90. The second-order valence-corrected chi connectivity index (χ2v) is 6.62. The van der Waals surface area contributed by atoms with Gasteiger partial charge in [-0.2, -0.15) is 13.2 Å². The van der Waals surface area contributed by atoms with Crippen LogP contribution in [0.2, 0.25) is 0 Å². The van der Waals surface area contributed by atoms with Gasteiger partial charge in [0.25, 0.3) is 0 Å². The van der Waals surface area contributed by atoms with Crippen LogP contribution in [0.15, 0.2) is 23.1 Å². The monoisotopic (exact) mass is 332 g/mol. The van der Waals surface area contributed by atoms with Gasteiger partial charge in [0, 0.05) is 10.8 Å². The summed E-state index contributed by atoms with van der Waals surface area (Å²) >= 11 is 0.692. The van der Waals surface area contributed by atoms with E-state index in [0.717, 1.165) is 18.7 Å². The van der Waals surface area contributed by atoms with Crippen LogP contribution in [0.1, 0.15) is 12.5 Å². The number of anilines is 1. The second kappa shape index (κ2) is 6.91. The molecule has 0 aromatic heterocycles. The molecule has 1 aliphatic rings. The van der Waals surface area contributed by atoms with E-state index in [0.29, 0.717) is 22.3 Å². The number of rotatable bonds is 5. The molecule has 0 spiro atoms. The molecule has 1 amide bonds. The topological polar surface area (TPSA) is 41.1 Å². The van der Waals surface area contributed by atoms with Crippen LogP contribution in [-0.2, 0) is 4.79 Å². The van der Waals surface area contributed by atoms with Crippen LogP contribution in [0.25, 0.3) is 0 Å². The number of carbonyl (C=O) groups excluding carboxylic acids is 1. The number of amides is 1. The zero-order valence-electron chi connectivity index (χ0n) is 12.5. The van der Waals surface area contributed by atoms with Crippen molar-refractivity contribution in [1.29, 1.82) is 0 Å². The van der Waals surface area contributed by atoms with Gasteiger partial charge in [-0.25, -0.2) is 0 Å². The largest absolute Gasteiger partial charge is 0.398 e. The van der Waals surface area contributed by atoms with Crippen LogP contribution >= 0.6 is 11.8 Å². The first kappa shape index (κ1) is 17.1. The molecule has 1 fully saturated rings. The van der Waals surface area contributed by atoms with Crippen LogP contribution in [-0.4, -0.2) is 30.9 Å². The summed E-state index contributed by atoms with van der Waals surface area (Å²) in [7, 11) is 0. The molecule has 7 heteroatoms. The van der Waals surface area contributed by atoms with E-state index in [1.807, 2.05) is 13.8 Å². The number of aryl methyl sites for hydroxylation is 1. The Bertz CT molecular complexity index is 544. The number of nitrogens with one attached hydrogen (secondary N) is 2. The Morgan fingerprint density at radius 3 is 2.68 bits per heavy atom. The zero-order valence-corrected chi connectivity index (χ0v) is 13.3. The Labute approximate surface area is 132 Å². The maximum atomic E-state index is 12.4. The number of hydrogen-bond acceptors (Lipinski definition) is 3. The summed E-state index contributed by atoms with van der Waals surface area (Å²) in [6, 6.07) is 5.08. The quantitative estimate of drug-likeness (QED) is 0.812. The second-order valence-electron chi connectivity index (χ2n) is 5.60. The van der Waals surface area contributed by atoms with E-state index in [1.54, 1.807) is 18.2 Å². The number of carbonyl (C=O) groups is 1. The number of thioether (sulfide) groups is 1. The minimum atomic E-state index is -4.23. The molecule has 1 aromatic carbocycles. The van der Waals surface area contributed by atoms with Crippen molar-refractivity contribution in [2.75, 3.05) is 24.2 Å². The number of alkyl halides is 3. The molecule has 2 N–H and O–H groups in total. The summed E-state index contributed by atoms with van der Waals surface area (Å²) in [5.74, 6) is -0.995. The molecule has 122 valence electrons. The summed E-state index contributed by atoms with van der Waals surface area (Å²) in [6.07, 6.45) is -4.23. The van der Waals surface area contributed by atoms with Gasteiger partial charge in [0.2, 0.25) is 5.91 Å². The van der Waals surface area contributed by atoms with Gasteiger partial charge >= 0.3 is 6.18 Å². The summed E-state index contributed by atoms with van der Waals surface area (Å²) in [4.78, 5) is 12.7. The molecule has 1 atom stereocenters. The van der Waals surface area contributed by atoms with Gasteiger partial charge in [-0.05, 0) is 43.6 Å². The molecule has 3 nitrogen and oxygen atoms in total. The molecule has 2 rings (SSSR count). The van der Waals surface area contributed by atoms with Gasteiger partial charge in [0.15, 0.2) is 0 Å². The van der Waals surface area contributed by atoms with E-state index in [4.69, 9.17) is 0 Å². The molecular weight excluding hydrogens is 313 g/mol. The van der Waals surface area contributed by atoms with E-state index in [2.05, 4.69) is 10.6 Å². The fraction of sp³-hybridized carbons (Fsp3) is 0.533. The summed E-state index contributed by atoms with van der Waals surface area (Å²) in [5, 5.41) is 5.89. The number of benzene rings is 1. The molecule has 1 heterocycles. The Kier molecular flexibility index (Phi) is 5.39. The maximum Gasteiger partial charge on any atom is 0.398 e. The third kappa shape index (κ3) is 4.64. The Morgan fingerprint density at radius 1 is 1.45 bits per heavy atom. The lowest BCUT2D eigenvalue weighted by Gasteiger charge is -2.31. The van der Waals surface area contributed by atoms with Crippen LogP contribution < -0.4 is 10.6 Å². The van der Waals surface area contributed by atoms with Crippen LogP contribution in [0.5, 0.6) is 0 Å². The van der Waals surface area contributed by atoms with Gasteiger partial charge in [0.1, 0.15) is 0 Å². The molecule has 1 saturated heterocycles. The number of hydrogen-bond donors (Lipinski definition) is 2.